The minimum absolute atomic E-state index is 0.124. The molecule has 0 bridgehead atoms. The van der Waals surface area contributed by atoms with E-state index in [0.29, 0.717) is 5.13 Å². The molecular formula is C22H28N4O3S. The normalized spacial score (nSPS) is 15.7. The fourth-order valence-electron chi connectivity index (χ4n) is 3.42. The van der Waals surface area contributed by atoms with Crippen LogP contribution in [-0.4, -0.2) is 28.9 Å². The predicted octanol–water partition coefficient (Wildman–Crippen LogP) is 4.17. The number of unbranched alkanes of at least 4 members (excludes halogenated alkanes) is 3. The Hall–Kier alpha value is -2.74. The molecule has 7 nitrogen and oxygen atoms in total. The van der Waals surface area contributed by atoms with Crippen LogP contribution in [0.15, 0.2) is 24.3 Å². The lowest BCUT2D eigenvalue weighted by molar-refractivity contribution is -0.120. The van der Waals surface area contributed by atoms with E-state index in [0.717, 1.165) is 22.6 Å². The minimum Gasteiger partial charge on any atom is -0.326 e. The summed E-state index contributed by atoms with van der Waals surface area (Å²) in [6.45, 7) is 4.20. The monoisotopic (exact) mass is 428 g/mol. The maximum atomic E-state index is 12.2. The average molecular weight is 429 g/mol. The van der Waals surface area contributed by atoms with Gasteiger partial charge in [0.05, 0.1) is 5.69 Å². The van der Waals surface area contributed by atoms with Crippen LogP contribution >= 0.6 is 11.3 Å². The number of imide groups is 1. The van der Waals surface area contributed by atoms with Crippen LogP contribution in [0.1, 0.15) is 55.9 Å². The summed E-state index contributed by atoms with van der Waals surface area (Å²) in [6.07, 6.45) is 6.48. The molecule has 0 aliphatic carbocycles. The molecule has 2 heterocycles. The zero-order valence-corrected chi connectivity index (χ0v) is 18.2. The second-order valence-electron chi connectivity index (χ2n) is 7.53. The number of carbonyl (C=O) groups excluding carboxylic acids is 3. The third-order valence-electron chi connectivity index (χ3n) is 5.11. The van der Waals surface area contributed by atoms with Gasteiger partial charge in [-0.2, -0.15) is 0 Å². The Balaban J connectivity index is 1.53. The number of rotatable bonds is 10. The third kappa shape index (κ3) is 5.89. The van der Waals surface area contributed by atoms with Crippen LogP contribution in [0.5, 0.6) is 0 Å². The Labute approximate surface area is 180 Å². The Morgan fingerprint density at radius 2 is 1.93 bits per heavy atom. The van der Waals surface area contributed by atoms with Crippen molar-refractivity contribution in [3.63, 3.8) is 0 Å². The van der Waals surface area contributed by atoms with Crippen LogP contribution in [0.2, 0.25) is 0 Å². The highest BCUT2D eigenvalue weighted by atomic mass is 32.1. The van der Waals surface area contributed by atoms with Crippen LogP contribution in [-0.2, 0) is 16.0 Å². The number of carbonyl (C=O) groups is 3. The standard InChI is InChI=1S/C22H28N4O3S/c1-3-4-5-6-7-15-8-10-16(11-9-15)19-14(2)30-22(25-19)24-18(27)13-12-17-20(28)26-21(29)23-17/h8-11,17H,3-7,12-13H2,1-2H3,(H,24,25,27)(H2,23,26,28,29). The van der Waals surface area contributed by atoms with Crippen LogP contribution < -0.4 is 16.0 Å². The van der Waals surface area contributed by atoms with E-state index in [9.17, 15) is 14.4 Å². The van der Waals surface area contributed by atoms with Gasteiger partial charge in [0.1, 0.15) is 6.04 Å². The highest BCUT2D eigenvalue weighted by Gasteiger charge is 2.29. The Morgan fingerprint density at radius 3 is 2.60 bits per heavy atom. The molecule has 4 amide bonds. The maximum absolute atomic E-state index is 12.2. The zero-order valence-electron chi connectivity index (χ0n) is 17.4. The summed E-state index contributed by atoms with van der Waals surface area (Å²) >= 11 is 1.43. The van der Waals surface area contributed by atoms with Gasteiger partial charge < -0.3 is 10.6 Å². The topological polar surface area (TPSA) is 100 Å². The Bertz CT molecular complexity index is 908. The van der Waals surface area contributed by atoms with Crippen LogP contribution in [0, 0.1) is 6.92 Å². The number of urea groups is 1. The van der Waals surface area contributed by atoms with Gasteiger partial charge in [-0.1, -0.05) is 50.5 Å². The van der Waals surface area contributed by atoms with Gasteiger partial charge in [0.2, 0.25) is 5.91 Å². The van der Waals surface area contributed by atoms with Crippen molar-refractivity contribution in [3.8, 4) is 11.3 Å². The number of anilines is 1. The first kappa shape index (κ1) is 22.0. The molecule has 1 aliphatic heterocycles. The van der Waals surface area contributed by atoms with Crippen molar-refractivity contribution in [2.75, 3.05) is 5.32 Å². The molecule has 8 heteroatoms. The molecule has 160 valence electrons. The SMILES string of the molecule is CCCCCCc1ccc(-c2nc(NC(=O)CCC3NC(=O)NC3=O)sc2C)cc1. The summed E-state index contributed by atoms with van der Waals surface area (Å²) < 4.78 is 0. The third-order valence-corrected chi connectivity index (χ3v) is 5.99. The quantitative estimate of drug-likeness (QED) is 0.391. The van der Waals surface area contributed by atoms with Crippen molar-refractivity contribution in [3.05, 3.63) is 34.7 Å². The summed E-state index contributed by atoms with van der Waals surface area (Å²) in [5, 5.41) is 7.98. The molecule has 1 saturated heterocycles. The number of hydrogen-bond acceptors (Lipinski definition) is 5. The van der Waals surface area contributed by atoms with Gasteiger partial charge in [-0.15, -0.1) is 11.3 Å². The molecule has 1 unspecified atom stereocenters. The number of thiazole rings is 1. The fourth-order valence-corrected chi connectivity index (χ4v) is 4.27. The second-order valence-corrected chi connectivity index (χ2v) is 8.74. The van der Waals surface area contributed by atoms with Crippen molar-refractivity contribution < 1.29 is 14.4 Å². The number of benzene rings is 1. The van der Waals surface area contributed by atoms with E-state index in [4.69, 9.17) is 0 Å². The molecule has 30 heavy (non-hydrogen) atoms. The molecule has 3 rings (SSSR count). The number of nitrogens with zero attached hydrogens (tertiary/aromatic N) is 1. The predicted molar refractivity (Wildman–Crippen MR) is 118 cm³/mol. The lowest BCUT2D eigenvalue weighted by Crippen LogP contribution is -2.30. The van der Waals surface area contributed by atoms with Gasteiger partial charge in [-0.25, -0.2) is 9.78 Å². The molecule has 1 atom stereocenters. The van der Waals surface area contributed by atoms with Crippen LogP contribution in [0.3, 0.4) is 0 Å². The van der Waals surface area contributed by atoms with Crippen LogP contribution in [0.4, 0.5) is 9.93 Å². The first-order chi connectivity index (χ1) is 14.5. The Morgan fingerprint density at radius 1 is 1.17 bits per heavy atom. The van der Waals surface area contributed by atoms with Crippen molar-refractivity contribution in [1.29, 1.82) is 0 Å². The van der Waals surface area contributed by atoms with Gasteiger partial charge >= 0.3 is 6.03 Å². The molecule has 2 aromatic rings. The molecule has 0 saturated carbocycles. The first-order valence-electron chi connectivity index (χ1n) is 10.4. The van der Waals surface area contributed by atoms with Crippen molar-refractivity contribution in [2.24, 2.45) is 0 Å². The zero-order chi connectivity index (χ0) is 21.5. The highest BCUT2D eigenvalue weighted by Crippen LogP contribution is 2.30. The van der Waals surface area contributed by atoms with Gasteiger partial charge in [0, 0.05) is 16.9 Å². The molecule has 3 N–H and O–H groups in total. The maximum Gasteiger partial charge on any atom is 0.322 e. The van der Waals surface area contributed by atoms with E-state index < -0.39 is 18.0 Å². The number of aryl methyl sites for hydroxylation is 2. The number of hydrogen-bond donors (Lipinski definition) is 3. The lowest BCUT2D eigenvalue weighted by Gasteiger charge is -2.06. The average Bonchev–Trinajstić information content (AvgIpc) is 3.24. The van der Waals surface area contributed by atoms with Gasteiger partial charge in [-0.3, -0.25) is 14.9 Å². The molecule has 1 aliphatic rings. The number of nitrogens with one attached hydrogen (secondary N) is 3. The molecule has 1 aromatic heterocycles. The van der Waals surface area contributed by atoms with Gasteiger partial charge in [0.25, 0.3) is 5.91 Å². The lowest BCUT2D eigenvalue weighted by atomic mass is 10.0. The fraction of sp³-hybridized carbons (Fsp3) is 0.455. The minimum atomic E-state index is -0.655. The molecule has 1 aromatic carbocycles. The van der Waals surface area contributed by atoms with E-state index in [1.165, 1.54) is 42.6 Å². The summed E-state index contributed by atoms with van der Waals surface area (Å²) in [5.41, 5.74) is 3.24. The summed E-state index contributed by atoms with van der Waals surface area (Å²) in [6, 6.07) is 7.31. The second kappa shape index (κ2) is 10.3. The van der Waals surface area contributed by atoms with Crippen molar-refractivity contribution in [2.45, 2.75) is 64.8 Å². The summed E-state index contributed by atoms with van der Waals surface area (Å²) in [5.74, 6) is -0.624. The van der Waals surface area contributed by atoms with Crippen molar-refractivity contribution >= 4 is 34.3 Å². The smallest absolute Gasteiger partial charge is 0.322 e. The highest BCUT2D eigenvalue weighted by molar-refractivity contribution is 7.16. The molecule has 0 spiro atoms. The van der Waals surface area contributed by atoms with Gasteiger partial charge in [-0.05, 0) is 31.7 Å². The molecule has 1 fully saturated rings. The van der Waals surface area contributed by atoms with Crippen LogP contribution in [0.25, 0.3) is 11.3 Å². The molecule has 0 radical (unpaired) electrons. The largest absolute Gasteiger partial charge is 0.326 e. The number of amides is 4. The summed E-state index contributed by atoms with van der Waals surface area (Å²) in [7, 11) is 0. The van der Waals surface area contributed by atoms with E-state index in [2.05, 4.69) is 52.1 Å². The van der Waals surface area contributed by atoms with E-state index in [1.807, 2.05) is 6.92 Å². The molecular weight excluding hydrogens is 400 g/mol. The van der Waals surface area contributed by atoms with E-state index >= 15 is 0 Å². The Kier molecular flexibility index (Phi) is 7.57. The summed E-state index contributed by atoms with van der Waals surface area (Å²) in [4.78, 5) is 40.5. The van der Waals surface area contributed by atoms with E-state index in [-0.39, 0.29) is 18.7 Å². The first-order valence-corrected chi connectivity index (χ1v) is 11.3. The number of aromatic nitrogens is 1. The van der Waals surface area contributed by atoms with E-state index in [1.54, 1.807) is 0 Å². The van der Waals surface area contributed by atoms with Crippen molar-refractivity contribution in [1.82, 2.24) is 15.6 Å². The van der Waals surface area contributed by atoms with Gasteiger partial charge in [0.15, 0.2) is 5.13 Å².